The van der Waals surface area contributed by atoms with E-state index in [0.717, 1.165) is 25.7 Å². The molecule has 1 rings (SSSR count). The van der Waals surface area contributed by atoms with E-state index in [2.05, 4.69) is 4.72 Å². The number of rotatable bonds is 6. The van der Waals surface area contributed by atoms with Crippen molar-refractivity contribution in [3.05, 3.63) is 0 Å². The zero-order valence-corrected chi connectivity index (χ0v) is 11.7. The Labute approximate surface area is 104 Å². The average Bonchev–Trinajstić information content (AvgIpc) is 2.64. The molecule has 16 heavy (non-hydrogen) atoms. The van der Waals surface area contributed by atoms with E-state index in [4.69, 9.17) is 11.6 Å². The van der Waals surface area contributed by atoms with Gasteiger partial charge in [0.2, 0.25) is 10.0 Å². The maximum Gasteiger partial charge on any atom is 0.212 e. The first-order chi connectivity index (χ1) is 7.39. The van der Waals surface area contributed by atoms with E-state index < -0.39 is 10.0 Å². The van der Waals surface area contributed by atoms with Crippen molar-refractivity contribution >= 4 is 21.6 Å². The highest BCUT2D eigenvalue weighted by Gasteiger charge is 2.36. The fraction of sp³-hybridized carbons (Fsp3) is 1.00. The minimum atomic E-state index is -3.17. The summed E-state index contributed by atoms with van der Waals surface area (Å²) in [6.45, 7) is 4.06. The third-order valence-electron chi connectivity index (χ3n) is 3.15. The summed E-state index contributed by atoms with van der Waals surface area (Å²) >= 11 is 5.91. The molecule has 0 amide bonds. The van der Waals surface area contributed by atoms with Crippen LogP contribution in [0.25, 0.3) is 0 Å². The molecule has 1 fully saturated rings. The molecule has 0 radical (unpaired) electrons. The molecule has 5 heteroatoms. The van der Waals surface area contributed by atoms with Crippen molar-refractivity contribution in [1.82, 2.24) is 4.72 Å². The summed E-state index contributed by atoms with van der Waals surface area (Å²) in [5.74, 6) is 1.00. The van der Waals surface area contributed by atoms with Gasteiger partial charge in [-0.15, -0.1) is 11.6 Å². The van der Waals surface area contributed by atoms with Crippen LogP contribution < -0.4 is 4.72 Å². The van der Waals surface area contributed by atoms with E-state index in [0.29, 0.717) is 18.2 Å². The van der Waals surface area contributed by atoms with E-state index in [1.165, 1.54) is 0 Å². The molecule has 0 aromatic carbocycles. The summed E-state index contributed by atoms with van der Waals surface area (Å²) < 4.78 is 26.6. The number of nitrogens with one attached hydrogen (secondary N) is 1. The van der Waals surface area contributed by atoms with Crippen LogP contribution in [0.15, 0.2) is 0 Å². The lowest BCUT2D eigenvalue weighted by Crippen LogP contribution is -2.48. The van der Waals surface area contributed by atoms with Gasteiger partial charge in [0.25, 0.3) is 0 Å². The van der Waals surface area contributed by atoms with Crippen molar-refractivity contribution in [3.63, 3.8) is 0 Å². The van der Waals surface area contributed by atoms with E-state index in [1.807, 2.05) is 13.8 Å². The summed E-state index contributed by atoms with van der Waals surface area (Å²) in [7, 11) is -3.17. The summed E-state index contributed by atoms with van der Waals surface area (Å²) in [6, 6.07) is 0. The average molecular weight is 268 g/mol. The Morgan fingerprint density at radius 3 is 2.31 bits per heavy atom. The zero-order chi connectivity index (χ0) is 12.2. The van der Waals surface area contributed by atoms with Crippen molar-refractivity contribution in [1.29, 1.82) is 0 Å². The van der Waals surface area contributed by atoms with Crippen molar-refractivity contribution in [2.75, 3.05) is 11.6 Å². The molecule has 1 aliphatic rings. The van der Waals surface area contributed by atoms with Crippen molar-refractivity contribution in [2.45, 2.75) is 51.5 Å². The fourth-order valence-corrected chi connectivity index (χ4v) is 4.32. The normalized spacial score (nSPS) is 20.5. The molecule has 0 atom stereocenters. The lowest BCUT2D eigenvalue weighted by Gasteiger charge is -2.27. The van der Waals surface area contributed by atoms with E-state index in [9.17, 15) is 8.42 Å². The Kier molecular flexibility index (Phi) is 5.08. The molecule has 96 valence electrons. The van der Waals surface area contributed by atoms with Gasteiger partial charge in [-0.1, -0.05) is 26.7 Å². The van der Waals surface area contributed by atoms with Gasteiger partial charge >= 0.3 is 0 Å². The third-order valence-corrected chi connectivity index (χ3v) is 5.18. The largest absolute Gasteiger partial charge is 0.212 e. The van der Waals surface area contributed by atoms with Gasteiger partial charge in [-0.25, -0.2) is 13.1 Å². The van der Waals surface area contributed by atoms with Gasteiger partial charge in [0, 0.05) is 11.4 Å². The van der Waals surface area contributed by atoms with Crippen LogP contribution in [0.5, 0.6) is 0 Å². The lowest BCUT2D eigenvalue weighted by molar-refractivity contribution is 0.431. The van der Waals surface area contributed by atoms with Gasteiger partial charge in [0.15, 0.2) is 0 Å². The van der Waals surface area contributed by atoms with Crippen LogP contribution in [0.3, 0.4) is 0 Å². The fourth-order valence-electron chi connectivity index (χ4n) is 2.09. The number of hydrogen-bond acceptors (Lipinski definition) is 2. The molecular weight excluding hydrogens is 246 g/mol. The van der Waals surface area contributed by atoms with Crippen LogP contribution in [0, 0.1) is 5.92 Å². The smallest absolute Gasteiger partial charge is 0.212 e. The first-order valence-electron chi connectivity index (χ1n) is 5.97. The van der Waals surface area contributed by atoms with Gasteiger partial charge in [-0.3, -0.25) is 0 Å². The minimum absolute atomic E-state index is 0.212. The molecule has 0 unspecified atom stereocenters. The van der Waals surface area contributed by atoms with Gasteiger partial charge < -0.3 is 0 Å². The van der Waals surface area contributed by atoms with Crippen LogP contribution in [0.4, 0.5) is 0 Å². The maximum absolute atomic E-state index is 11.9. The SMILES string of the molecule is CC(C)CCS(=O)(=O)NC1(CCl)CCCC1. The standard InChI is InChI=1S/C11H22ClNO2S/c1-10(2)5-8-16(14,15)13-11(9-12)6-3-4-7-11/h10,13H,3-9H2,1-2H3. The van der Waals surface area contributed by atoms with Gasteiger partial charge in [-0.05, 0) is 25.2 Å². The molecule has 0 aromatic heterocycles. The second-order valence-electron chi connectivity index (χ2n) is 5.22. The summed E-state index contributed by atoms with van der Waals surface area (Å²) in [4.78, 5) is 0. The topological polar surface area (TPSA) is 46.2 Å². The van der Waals surface area contributed by atoms with Gasteiger partial charge in [0.1, 0.15) is 0 Å². The first kappa shape index (κ1) is 14.3. The Balaban J connectivity index is 2.56. The first-order valence-corrected chi connectivity index (χ1v) is 8.15. The maximum atomic E-state index is 11.9. The molecule has 0 saturated heterocycles. The predicted molar refractivity (Wildman–Crippen MR) is 68.3 cm³/mol. The van der Waals surface area contributed by atoms with Crippen LogP contribution in [-0.2, 0) is 10.0 Å². The molecule has 0 bridgehead atoms. The molecule has 0 spiro atoms. The minimum Gasteiger partial charge on any atom is -0.212 e. The summed E-state index contributed by atoms with van der Waals surface area (Å²) in [5, 5.41) is 0. The molecular formula is C11H22ClNO2S. The van der Waals surface area contributed by atoms with Crippen LogP contribution in [0.1, 0.15) is 46.0 Å². The van der Waals surface area contributed by atoms with E-state index in [-0.39, 0.29) is 11.3 Å². The Morgan fingerprint density at radius 1 is 1.31 bits per heavy atom. The molecule has 0 aromatic rings. The number of sulfonamides is 1. The van der Waals surface area contributed by atoms with Crippen LogP contribution >= 0.6 is 11.6 Å². The van der Waals surface area contributed by atoms with Crippen LogP contribution in [-0.4, -0.2) is 25.6 Å². The van der Waals surface area contributed by atoms with E-state index in [1.54, 1.807) is 0 Å². The molecule has 0 heterocycles. The lowest BCUT2D eigenvalue weighted by atomic mass is 10.0. The highest BCUT2D eigenvalue weighted by molar-refractivity contribution is 7.89. The van der Waals surface area contributed by atoms with Gasteiger partial charge in [0.05, 0.1) is 5.75 Å². The number of halogens is 1. The zero-order valence-electron chi connectivity index (χ0n) is 10.1. The van der Waals surface area contributed by atoms with Gasteiger partial charge in [-0.2, -0.15) is 0 Å². The highest BCUT2D eigenvalue weighted by Crippen LogP contribution is 2.31. The van der Waals surface area contributed by atoms with Crippen molar-refractivity contribution in [2.24, 2.45) is 5.92 Å². The molecule has 0 aliphatic heterocycles. The summed E-state index contributed by atoms with van der Waals surface area (Å²) in [5.41, 5.74) is -0.364. The summed E-state index contributed by atoms with van der Waals surface area (Å²) in [6.07, 6.45) is 4.58. The Hall–Kier alpha value is 0.200. The second-order valence-corrected chi connectivity index (χ2v) is 7.33. The Morgan fingerprint density at radius 2 is 1.88 bits per heavy atom. The third kappa shape index (κ3) is 4.22. The number of hydrogen-bond donors (Lipinski definition) is 1. The molecule has 1 saturated carbocycles. The molecule has 3 nitrogen and oxygen atoms in total. The van der Waals surface area contributed by atoms with E-state index >= 15 is 0 Å². The van der Waals surface area contributed by atoms with Crippen LogP contribution in [0.2, 0.25) is 0 Å². The monoisotopic (exact) mass is 267 g/mol. The van der Waals surface area contributed by atoms with Crippen molar-refractivity contribution < 1.29 is 8.42 Å². The van der Waals surface area contributed by atoms with Crippen molar-refractivity contribution in [3.8, 4) is 0 Å². The quantitative estimate of drug-likeness (QED) is 0.752. The predicted octanol–water partition coefficient (Wildman–Crippen LogP) is 2.50. The molecule has 1 aliphatic carbocycles. The number of alkyl halides is 1. The molecule has 1 N–H and O–H groups in total. The Bertz CT molecular complexity index is 308. The second kappa shape index (κ2) is 5.69. The highest BCUT2D eigenvalue weighted by atomic mass is 35.5.